The molecule has 0 amide bonds. The van der Waals surface area contributed by atoms with Crippen molar-refractivity contribution in [1.82, 2.24) is 20.5 Å². The molecule has 4 rings (SSSR count). The molecule has 0 spiro atoms. The van der Waals surface area contributed by atoms with Crippen LogP contribution >= 0.6 is 0 Å². The third-order valence-electron chi connectivity index (χ3n) is 5.29. The number of hydrogen-bond acceptors (Lipinski definition) is 8. The van der Waals surface area contributed by atoms with E-state index < -0.39 is 15.1 Å². The molecule has 170 valence electrons. The van der Waals surface area contributed by atoms with Gasteiger partial charge in [-0.15, -0.1) is 10.2 Å². The van der Waals surface area contributed by atoms with Gasteiger partial charge in [0, 0.05) is 23.9 Å². The van der Waals surface area contributed by atoms with Gasteiger partial charge in [0.05, 0.1) is 15.7 Å². The molecule has 2 aromatic heterocycles. The molecule has 3 N–H and O–H groups in total. The highest BCUT2D eigenvalue weighted by Crippen LogP contribution is 2.31. The van der Waals surface area contributed by atoms with Crippen molar-refractivity contribution in [2.45, 2.75) is 30.5 Å². The second-order valence-corrected chi connectivity index (χ2v) is 10.4. The monoisotopic (exact) mass is 463 g/mol. The number of nitrogens with one attached hydrogen (secondary N) is 1. The van der Waals surface area contributed by atoms with E-state index in [9.17, 15) is 8.42 Å². The average Bonchev–Trinajstić information content (AvgIpc) is 3.30. The van der Waals surface area contributed by atoms with Crippen LogP contribution in [0.15, 0.2) is 70.1 Å². The Morgan fingerprint density at radius 1 is 0.939 bits per heavy atom. The van der Waals surface area contributed by atoms with Gasteiger partial charge in [-0.25, -0.2) is 13.4 Å². The lowest BCUT2D eigenvalue weighted by Gasteiger charge is -2.09. The number of rotatable bonds is 7. The van der Waals surface area contributed by atoms with E-state index in [4.69, 9.17) is 10.2 Å². The molecule has 0 atom stereocenters. The number of pyridine rings is 1. The Labute approximate surface area is 192 Å². The fourth-order valence-corrected chi connectivity index (χ4v) is 4.39. The van der Waals surface area contributed by atoms with E-state index in [-0.39, 0.29) is 16.6 Å². The summed E-state index contributed by atoms with van der Waals surface area (Å²) in [6.45, 7) is 4.10. The normalized spacial score (nSPS) is 11.8. The summed E-state index contributed by atoms with van der Waals surface area (Å²) in [6, 6.07) is 16.3. The van der Waals surface area contributed by atoms with Crippen LogP contribution in [-0.4, -0.2) is 35.9 Å². The van der Waals surface area contributed by atoms with E-state index >= 15 is 0 Å². The molecule has 0 fully saturated rings. The maximum absolute atomic E-state index is 12.4. The number of hydrogen-bond donors (Lipinski definition) is 2. The zero-order valence-corrected chi connectivity index (χ0v) is 19.4. The summed E-state index contributed by atoms with van der Waals surface area (Å²) in [6.07, 6.45) is 1.63. The van der Waals surface area contributed by atoms with Crippen LogP contribution < -0.4 is 11.1 Å². The molecule has 0 aliphatic carbocycles. The summed E-state index contributed by atoms with van der Waals surface area (Å²) < 4.78 is 30.6. The fourth-order valence-electron chi connectivity index (χ4n) is 3.33. The number of anilines is 1. The molecule has 2 heterocycles. The predicted octanol–water partition coefficient (Wildman–Crippen LogP) is 3.95. The molecule has 0 bridgehead atoms. The minimum absolute atomic E-state index is 0.259. The Balaban J connectivity index is 1.63. The smallest absolute Gasteiger partial charge is 0.251 e. The van der Waals surface area contributed by atoms with Crippen molar-refractivity contribution in [3.8, 4) is 34.0 Å². The van der Waals surface area contributed by atoms with Crippen molar-refractivity contribution in [2.75, 3.05) is 12.8 Å². The van der Waals surface area contributed by atoms with Crippen LogP contribution in [0.4, 0.5) is 5.82 Å². The first-order valence-corrected chi connectivity index (χ1v) is 12.0. The van der Waals surface area contributed by atoms with Gasteiger partial charge in [0.15, 0.2) is 9.84 Å². The number of benzene rings is 2. The highest BCUT2D eigenvalue weighted by atomic mass is 32.2. The van der Waals surface area contributed by atoms with Crippen LogP contribution in [0.25, 0.3) is 34.0 Å². The molecule has 0 radical (unpaired) electrons. The second kappa shape index (κ2) is 9.13. The van der Waals surface area contributed by atoms with E-state index in [1.807, 2.05) is 37.4 Å². The van der Waals surface area contributed by atoms with E-state index in [2.05, 4.69) is 20.5 Å². The molecular formula is C24H25N5O3S. The molecule has 4 aromatic rings. The third-order valence-corrected chi connectivity index (χ3v) is 7.46. The van der Waals surface area contributed by atoms with Crippen LogP contribution in [0.1, 0.15) is 19.4 Å². The molecule has 2 aromatic carbocycles. The number of nitrogen functional groups attached to an aromatic ring is 1. The highest BCUT2D eigenvalue weighted by molar-refractivity contribution is 7.92. The molecule has 0 aliphatic heterocycles. The van der Waals surface area contributed by atoms with Gasteiger partial charge in [0.1, 0.15) is 5.82 Å². The van der Waals surface area contributed by atoms with Crippen LogP contribution in [0.3, 0.4) is 0 Å². The van der Waals surface area contributed by atoms with E-state index in [0.29, 0.717) is 11.5 Å². The van der Waals surface area contributed by atoms with Gasteiger partial charge in [-0.1, -0.05) is 24.3 Å². The lowest BCUT2D eigenvalue weighted by Crippen LogP contribution is -2.13. The summed E-state index contributed by atoms with van der Waals surface area (Å²) in [7, 11) is -1.44. The van der Waals surface area contributed by atoms with Gasteiger partial charge in [-0.2, -0.15) is 0 Å². The Kier molecular flexibility index (Phi) is 6.26. The minimum Gasteiger partial charge on any atom is -0.416 e. The zero-order valence-electron chi connectivity index (χ0n) is 18.6. The molecule has 0 saturated heterocycles. The average molecular weight is 464 g/mol. The Bertz CT molecular complexity index is 1360. The van der Waals surface area contributed by atoms with E-state index in [1.54, 1.807) is 44.3 Å². The van der Waals surface area contributed by atoms with Crippen molar-refractivity contribution < 1.29 is 12.8 Å². The largest absolute Gasteiger partial charge is 0.416 e. The molecule has 0 saturated carbocycles. The summed E-state index contributed by atoms with van der Waals surface area (Å²) >= 11 is 0. The first-order chi connectivity index (χ1) is 15.8. The fraction of sp³-hybridized carbons (Fsp3) is 0.208. The predicted molar refractivity (Wildman–Crippen MR) is 128 cm³/mol. The number of sulfone groups is 1. The summed E-state index contributed by atoms with van der Waals surface area (Å²) in [5.41, 5.74) is 10.1. The SMILES string of the molecule is CNCc1ccc(-c2nnc(-c3cc(-c4ccc(S(=O)(=O)C(C)C)cc4)cnc3N)o2)cc1. The summed E-state index contributed by atoms with van der Waals surface area (Å²) in [5, 5.41) is 10.9. The first kappa shape index (κ1) is 22.6. The molecule has 8 nitrogen and oxygen atoms in total. The van der Waals surface area contributed by atoms with Crippen LogP contribution in [0.5, 0.6) is 0 Å². The third kappa shape index (κ3) is 4.64. The van der Waals surface area contributed by atoms with Gasteiger partial charge in [-0.05, 0) is 62.4 Å². The topological polar surface area (TPSA) is 124 Å². The molecular weight excluding hydrogens is 438 g/mol. The Morgan fingerprint density at radius 2 is 1.58 bits per heavy atom. The van der Waals surface area contributed by atoms with Gasteiger partial charge in [0.25, 0.3) is 5.89 Å². The molecule has 33 heavy (non-hydrogen) atoms. The summed E-state index contributed by atoms with van der Waals surface area (Å²) in [4.78, 5) is 4.55. The van der Waals surface area contributed by atoms with Gasteiger partial charge < -0.3 is 15.5 Å². The number of aromatic nitrogens is 3. The molecule has 0 unspecified atom stereocenters. The Morgan fingerprint density at radius 3 is 2.21 bits per heavy atom. The molecule has 0 aliphatic rings. The molecule has 9 heteroatoms. The van der Waals surface area contributed by atoms with Crippen molar-refractivity contribution in [3.63, 3.8) is 0 Å². The van der Waals surface area contributed by atoms with Gasteiger partial charge in [-0.3, -0.25) is 0 Å². The van der Waals surface area contributed by atoms with E-state index in [1.165, 1.54) is 0 Å². The van der Waals surface area contributed by atoms with Crippen LogP contribution in [-0.2, 0) is 16.4 Å². The zero-order chi connectivity index (χ0) is 23.6. The minimum atomic E-state index is -3.34. The Hall–Kier alpha value is -3.56. The van der Waals surface area contributed by atoms with Crippen LogP contribution in [0.2, 0.25) is 0 Å². The van der Waals surface area contributed by atoms with Gasteiger partial charge >= 0.3 is 0 Å². The van der Waals surface area contributed by atoms with Gasteiger partial charge in [0.2, 0.25) is 5.89 Å². The lowest BCUT2D eigenvalue weighted by molar-refractivity contribution is 0.584. The van der Waals surface area contributed by atoms with Crippen molar-refractivity contribution in [2.24, 2.45) is 0 Å². The lowest BCUT2D eigenvalue weighted by atomic mass is 10.1. The maximum atomic E-state index is 12.4. The second-order valence-electron chi connectivity index (χ2n) is 7.91. The van der Waals surface area contributed by atoms with Crippen LogP contribution in [0, 0.1) is 0 Å². The first-order valence-electron chi connectivity index (χ1n) is 10.5. The number of nitrogens with zero attached hydrogens (tertiary/aromatic N) is 3. The quantitative estimate of drug-likeness (QED) is 0.422. The van der Waals surface area contributed by atoms with E-state index in [0.717, 1.165) is 28.8 Å². The highest BCUT2D eigenvalue weighted by Gasteiger charge is 2.19. The van der Waals surface area contributed by atoms with Crippen molar-refractivity contribution >= 4 is 15.7 Å². The van der Waals surface area contributed by atoms with Crippen molar-refractivity contribution in [3.05, 3.63) is 66.4 Å². The number of nitrogens with two attached hydrogens (primary N) is 1. The van der Waals surface area contributed by atoms with Crippen molar-refractivity contribution in [1.29, 1.82) is 0 Å². The maximum Gasteiger partial charge on any atom is 0.251 e. The summed E-state index contributed by atoms with van der Waals surface area (Å²) in [5.74, 6) is 0.904. The standard InChI is InChI=1S/C24H25N5O3S/c1-15(2)33(30,31)20-10-8-17(9-11-20)19-12-21(22(25)27-14-19)24-29-28-23(32-24)18-6-4-16(5-7-18)13-26-3/h4-12,14-15,26H,13H2,1-3H3,(H2,25,27).